The Labute approximate surface area is 345 Å². The summed E-state index contributed by atoms with van der Waals surface area (Å²) in [6, 6.07) is 0.623. The van der Waals surface area contributed by atoms with Crippen molar-refractivity contribution in [3.8, 4) is 0 Å². The van der Waals surface area contributed by atoms with Crippen LogP contribution in [0, 0.1) is 11.8 Å². The number of ketones is 1. The lowest BCUT2D eigenvalue weighted by atomic mass is 9.81. The van der Waals surface area contributed by atoms with Gasteiger partial charge < -0.3 is 57.9 Å². The molecule has 10 saturated heterocycles. The van der Waals surface area contributed by atoms with Crippen LogP contribution < -0.4 is 5.73 Å². The number of rotatable bonds is 8. The lowest BCUT2D eigenvalue weighted by molar-refractivity contribution is -0.292. The first-order chi connectivity index (χ1) is 27.8. The van der Waals surface area contributed by atoms with E-state index in [9.17, 15) is 9.59 Å². The summed E-state index contributed by atoms with van der Waals surface area (Å²) in [6.07, 6.45) is 5.57. The Morgan fingerprint density at radius 3 is 2.36 bits per heavy atom. The molecule has 0 aliphatic carbocycles. The molecular formula is C44H69NO12Si. The van der Waals surface area contributed by atoms with Crippen LogP contribution >= 0.6 is 0 Å². The highest BCUT2D eigenvalue weighted by Gasteiger charge is 2.68. The molecule has 58 heavy (non-hydrogen) atoms. The van der Waals surface area contributed by atoms with Crippen LogP contribution in [0.5, 0.6) is 0 Å². The Bertz CT molecular complexity index is 1530. The zero-order valence-electron chi connectivity index (χ0n) is 35.1. The number of carbonyl (C=O) groups excluding carboxylic acids is 1. The Morgan fingerprint density at radius 2 is 1.57 bits per heavy atom. The normalized spacial score (nSPS) is 48.5. The minimum absolute atomic E-state index is 0.0208. The second kappa shape index (κ2) is 16.9. The van der Waals surface area contributed by atoms with Gasteiger partial charge in [0.25, 0.3) is 0 Å². The number of methoxy groups -OCH3 is 1. The van der Waals surface area contributed by atoms with Crippen LogP contribution in [-0.2, 0) is 52.2 Å². The lowest BCUT2D eigenvalue weighted by Gasteiger charge is -2.47. The van der Waals surface area contributed by atoms with Crippen molar-refractivity contribution >= 4 is 14.1 Å². The molecule has 10 fully saturated rings. The Balaban J connectivity index is 0.970. The van der Waals surface area contributed by atoms with Gasteiger partial charge in [-0.1, -0.05) is 20.1 Å². The standard InChI is InChI=1S/C44H69NO12Si/c1-23-15-27-7-9-32-24(2)16-29(50-32)11-12-44-21-37-40(56-44)41-42(55-37)43(57-44)39-33(54-41)10-8-28(52-39)17-26(46)18-31-35(20-34(51-27)25(23)3)53-36(38(31)48-4)19-30(22-45)49-13-14-58(5,6)47/h23,27-43,47H,2-3,7-22,45H2,1,4-6H3/t23-,27+,28-,29+,30+,31?,32+,33+,34-,35+,36-,37-,38-,39+,40?,41+,42?,43+,44+/m1/s1. The molecule has 14 heteroatoms. The molecule has 1 spiro atoms. The summed E-state index contributed by atoms with van der Waals surface area (Å²) in [4.78, 5) is 24.7. The topological polar surface area (TPSA) is 156 Å². The van der Waals surface area contributed by atoms with Gasteiger partial charge in [-0.05, 0) is 81.1 Å². The highest BCUT2D eigenvalue weighted by atomic mass is 28.4. The van der Waals surface area contributed by atoms with E-state index in [1.807, 2.05) is 13.1 Å². The quantitative estimate of drug-likeness (QED) is 0.258. The number of hydrogen-bond donors (Lipinski definition) is 2. The zero-order valence-corrected chi connectivity index (χ0v) is 36.1. The molecule has 10 rings (SSSR count). The Kier molecular flexibility index (Phi) is 12.3. The third kappa shape index (κ3) is 8.51. The van der Waals surface area contributed by atoms with Crippen molar-refractivity contribution in [3.63, 3.8) is 0 Å². The molecule has 326 valence electrons. The van der Waals surface area contributed by atoms with E-state index in [0.717, 1.165) is 56.1 Å². The minimum atomic E-state index is -2.28. The van der Waals surface area contributed by atoms with Crippen molar-refractivity contribution in [2.75, 3.05) is 20.3 Å². The number of Topliss-reactive ketones (excluding diaryl/α,β-unsaturated/α-hetero) is 1. The first-order valence-corrected chi connectivity index (χ1v) is 25.7. The average molecular weight is 832 g/mol. The lowest BCUT2D eigenvalue weighted by Crippen LogP contribution is -2.61. The van der Waals surface area contributed by atoms with Crippen LogP contribution in [0.3, 0.4) is 0 Å². The molecule has 10 aliphatic heterocycles. The van der Waals surface area contributed by atoms with Crippen LogP contribution in [0.2, 0.25) is 19.1 Å². The first-order valence-electron chi connectivity index (χ1n) is 22.5. The van der Waals surface area contributed by atoms with E-state index in [4.69, 9.17) is 53.1 Å². The molecule has 3 N–H and O–H groups in total. The molecule has 13 nitrogen and oxygen atoms in total. The van der Waals surface area contributed by atoms with E-state index in [0.29, 0.717) is 44.9 Å². The second-order valence-electron chi connectivity index (χ2n) is 19.8. The molecule has 12 bridgehead atoms. The third-order valence-electron chi connectivity index (χ3n) is 15.0. The summed E-state index contributed by atoms with van der Waals surface area (Å²) in [6.45, 7) is 15.8. The Morgan fingerprint density at radius 1 is 0.828 bits per heavy atom. The largest absolute Gasteiger partial charge is 0.432 e. The summed E-state index contributed by atoms with van der Waals surface area (Å²) in [7, 11) is -0.573. The summed E-state index contributed by atoms with van der Waals surface area (Å²) >= 11 is 0. The molecule has 10 aliphatic rings. The van der Waals surface area contributed by atoms with E-state index in [1.165, 1.54) is 0 Å². The highest BCUT2D eigenvalue weighted by molar-refractivity contribution is 6.69. The van der Waals surface area contributed by atoms with Crippen LogP contribution in [0.15, 0.2) is 24.3 Å². The molecule has 0 radical (unpaired) electrons. The maximum Gasteiger partial charge on any atom is 0.184 e. The SMILES string of the molecule is C=C1C[C@@H]2CC[C@@]34C[C@H]5OC6[C@@H](O[C@H]7CC[C@H](CC(=O)CC8[C@H](C[C@H]9O[C@@H](CC[C@@H]1O2)C[C@@H](C)C9=C)O[C@H](C[C@@H](CN)OCC[Si](C)(C)O)[C@@H]8OC)O[C@@H]7[C@@H]6O3)C5O4. The van der Waals surface area contributed by atoms with E-state index in [1.54, 1.807) is 7.11 Å². The van der Waals surface area contributed by atoms with Crippen molar-refractivity contribution < 1.29 is 57.0 Å². The van der Waals surface area contributed by atoms with E-state index in [2.05, 4.69) is 20.1 Å². The van der Waals surface area contributed by atoms with E-state index in [-0.39, 0.29) is 128 Å². The minimum Gasteiger partial charge on any atom is -0.432 e. The Hall–Kier alpha value is -1.11. The predicted octanol–water partition coefficient (Wildman–Crippen LogP) is 4.66. The number of fused-ring (bicyclic) bond motifs is 6. The summed E-state index contributed by atoms with van der Waals surface area (Å²) in [5.74, 6) is -0.603. The summed E-state index contributed by atoms with van der Waals surface area (Å²) in [5.41, 5.74) is 8.45. The fraction of sp³-hybridized carbons (Fsp3) is 0.886. The third-order valence-corrected chi connectivity index (χ3v) is 16.5. The maximum atomic E-state index is 14.3. The van der Waals surface area contributed by atoms with Crippen LogP contribution in [-0.4, -0.2) is 143 Å². The van der Waals surface area contributed by atoms with Crippen molar-refractivity contribution in [3.05, 3.63) is 24.3 Å². The molecule has 10 heterocycles. The fourth-order valence-electron chi connectivity index (χ4n) is 11.9. The smallest absolute Gasteiger partial charge is 0.184 e. The van der Waals surface area contributed by atoms with Crippen LogP contribution in [0.4, 0.5) is 0 Å². The molecule has 0 amide bonds. The van der Waals surface area contributed by atoms with Gasteiger partial charge in [0.2, 0.25) is 0 Å². The second-order valence-corrected chi connectivity index (χ2v) is 24.0. The van der Waals surface area contributed by atoms with Gasteiger partial charge in [0.05, 0.1) is 67.1 Å². The van der Waals surface area contributed by atoms with Crippen molar-refractivity contribution in [2.45, 2.75) is 213 Å². The number of carbonyl (C=O) groups is 1. The van der Waals surface area contributed by atoms with Crippen LogP contribution in [0.25, 0.3) is 0 Å². The van der Waals surface area contributed by atoms with E-state index >= 15 is 0 Å². The number of hydrogen-bond acceptors (Lipinski definition) is 13. The molecular weight excluding hydrogens is 763 g/mol. The average Bonchev–Trinajstić information content (AvgIpc) is 3.85. The van der Waals surface area contributed by atoms with Gasteiger partial charge in [0.1, 0.15) is 36.3 Å². The monoisotopic (exact) mass is 831 g/mol. The van der Waals surface area contributed by atoms with Crippen LogP contribution in [0.1, 0.15) is 90.4 Å². The zero-order chi connectivity index (χ0) is 40.5. The number of nitrogens with two attached hydrogens (primary N) is 1. The van der Waals surface area contributed by atoms with Gasteiger partial charge in [0, 0.05) is 64.7 Å². The van der Waals surface area contributed by atoms with Gasteiger partial charge in [-0.2, -0.15) is 0 Å². The number of ether oxygens (including phenoxy) is 10. The molecule has 19 atom stereocenters. The summed E-state index contributed by atoms with van der Waals surface area (Å²) in [5, 5.41) is 0. The molecule has 0 saturated carbocycles. The molecule has 0 aromatic rings. The van der Waals surface area contributed by atoms with E-state index < -0.39 is 14.1 Å². The van der Waals surface area contributed by atoms with Gasteiger partial charge in [-0.15, -0.1) is 0 Å². The predicted molar refractivity (Wildman–Crippen MR) is 215 cm³/mol. The molecule has 0 aromatic heterocycles. The summed E-state index contributed by atoms with van der Waals surface area (Å²) < 4.78 is 67.0. The first kappa shape index (κ1) is 42.2. The van der Waals surface area contributed by atoms with Gasteiger partial charge in [0.15, 0.2) is 14.1 Å². The van der Waals surface area contributed by atoms with Crippen molar-refractivity contribution in [1.82, 2.24) is 0 Å². The van der Waals surface area contributed by atoms with Gasteiger partial charge in [-0.25, -0.2) is 0 Å². The van der Waals surface area contributed by atoms with Crippen molar-refractivity contribution in [2.24, 2.45) is 17.6 Å². The maximum absolute atomic E-state index is 14.3. The van der Waals surface area contributed by atoms with Gasteiger partial charge >= 0.3 is 0 Å². The van der Waals surface area contributed by atoms with Crippen molar-refractivity contribution in [1.29, 1.82) is 0 Å². The molecule has 3 unspecified atom stereocenters. The highest BCUT2D eigenvalue weighted by Crippen LogP contribution is 2.54. The fourth-order valence-corrected chi connectivity index (χ4v) is 12.5. The van der Waals surface area contributed by atoms with Gasteiger partial charge in [-0.3, -0.25) is 4.79 Å². The molecule has 0 aromatic carbocycles.